The predicted molar refractivity (Wildman–Crippen MR) is 73.5 cm³/mol. The van der Waals surface area contributed by atoms with E-state index in [1.807, 2.05) is 0 Å². The van der Waals surface area contributed by atoms with Crippen LogP contribution in [0.5, 0.6) is 0 Å². The Kier molecular flexibility index (Phi) is 6.20. The third-order valence-electron chi connectivity index (χ3n) is 2.09. The second-order valence-corrected chi connectivity index (χ2v) is 5.72. The summed E-state index contributed by atoms with van der Waals surface area (Å²) >= 11 is 6.12. The first-order chi connectivity index (χ1) is 8.35. The molecule has 100 valence electrons. The van der Waals surface area contributed by atoms with E-state index in [0.717, 1.165) is 5.56 Å². The maximum atomic E-state index is 12.3. The minimum Gasteiger partial charge on any atom is -0.298 e. The number of rotatable bonds is 5. The van der Waals surface area contributed by atoms with Gasteiger partial charge in [-0.3, -0.25) is 4.79 Å². The average molecular weight is 406 g/mol. The van der Waals surface area contributed by atoms with Gasteiger partial charge >= 0.3 is 5.51 Å². The quantitative estimate of drug-likeness (QED) is 0.521. The molecular weight excluding hydrogens is 397 g/mol. The minimum atomic E-state index is -4.31. The molecule has 0 saturated heterocycles. The van der Waals surface area contributed by atoms with Gasteiger partial charge in [0, 0.05) is 16.6 Å². The van der Waals surface area contributed by atoms with Gasteiger partial charge in [0.25, 0.3) is 0 Å². The molecule has 18 heavy (non-hydrogen) atoms. The lowest BCUT2D eigenvalue weighted by Gasteiger charge is -2.10. The van der Waals surface area contributed by atoms with E-state index in [2.05, 4.69) is 31.9 Å². The van der Waals surface area contributed by atoms with Gasteiger partial charge in [-0.25, -0.2) is 0 Å². The van der Waals surface area contributed by atoms with E-state index >= 15 is 0 Å². The highest BCUT2D eigenvalue weighted by atomic mass is 79.9. The van der Waals surface area contributed by atoms with Gasteiger partial charge in [-0.05, 0) is 35.0 Å². The van der Waals surface area contributed by atoms with Crippen LogP contribution in [0.15, 0.2) is 23.1 Å². The fraction of sp³-hybridized carbons (Fsp3) is 0.364. The Morgan fingerprint density at radius 2 is 1.89 bits per heavy atom. The molecule has 0 N–H and O–H groups in total. The molecule has 0 bridgehead atoms. The summed E-state index contributed by atoms with van der Waals surface area (Å²) in [6.45, 7) is 0. The summed E-state index contributed by atoms with van der Waals surface area (Å²) in [5.74, 6) is -0.0636. The van der Waals surface area contributed by atoms with Crippen molar-refractivity contribution in [1.29, 1.82) is 0 Å². The first-order valence-electron chi connectivity index (χ1n) is 4.87. The number of alkyl halides is 5. The summed E-state index contributed by atoms with van der Waals surface area (Å²) in [5, 5.41) is 0.709. The molecule has 0 aromatic heterocycles. The van der Waals surface area contributed by atoms with E-state index in [-0.39, 0.29) is 34.2 Å². The second-order valence-electron chi connectivity index (χ2n) is 3.46. The van der Waals surface area contributed by atoms with Crippen LogP contribution in [-0.2, 0) is 16.5 Å². The zero-order valence-electron chi connectivity index (χ0n) is 9.06. The Morgan fingerprint density at radius 3 is 2.39 bits per heavy atom. The van der Waals surface area contributed by atoms with Crippen LogP contribution in [0.25, 0.3) is 0 Å². The third kappa shape index (κ3) is 5.32. The van der Waals surface area contributed by atoms with Gasteiger partial charge in [-0.15, -0.1) is 0 Å². The van der Waals surface area contributed by atoms with Gasteiger partial charge in [0.05, 0.1) is 5.33 Å². The SMILES string of the molecule is O=C(CBr)Cc1cc(SC(F)(F)F)ccc1CBr. The van der Waals surface area contributed by atoms with Crippen molar-refractivity contribution in [3.05, 3.63) is 29.3 Å². The molecule has 0 unspecified atom stereocenters. The fourth-order valence-electron chi connectivity index (χ4n) is 1.35. The first kappa shape index (κ1) is 16.0. The van der Waals surface area contributed by atoms with Crippen molar-refractivity contribution in [3.63, 3.8) is 0 Å². The zero-order valence-corrected chi connectivity index (χ0v) is 13.0. The molecule has 0 fully saturated rings. The molecule has 1 aromatic carbocycles. The van der Waals surface area contributed by atoms with Crippen molar-refractivity contribution in [2.45, 2.75) is 22.2 Å². The van der Waals surface area contributed by atoms with Crippen LogP contribution in [-0.4, -0.2) is 16.6 Å². The Labute approximate surface area is 124 Å². The Hall–Kier alpha value is -0.0100. The van der Waals surface area contributed by atoms with Crippen molar-refractivity contribution in [2.75, 3.05) is 5.33 Å². The van der Waals surface area contributed by atoms with Crippen LogP contribution in [0.3, 0.4) is 0 Å². The van der Waals surface area contributed by atoms with Crippen LogP contribution < -0.4 is 0 Å². The molecule has 0 atom stereocenters. The topological polar surface area (TPSA) is 17.1 Å². The molecule has 0 amide bonds. The Morgan fingerprint density at radius 1 is 1.22 bits per heavy atom. The van der Waals surface area contributed by atoms with Crippen LogP contribution >= 0.6 is 43.6 Å². The Balaban J connectivity index is 2.98. The number of benzene rings is 1. The summed E-state index contributed by atoms with van der Waals surface area (Å²) in [6.07, 6.45) is 0.137. The number of thioether (sulfide) groups is 1. The molecule has 7 heteroatoms. The third-order valence-corrected chi connectivity index (χ3v) is 4.04. The lowest BCUT2D eigenvalue weighted by atomic mass is 10.0. The van der Waals surface area contributed by atoms with Gasteiger partial charge in [0.15, 0.2) is 0 Å². The highest BCUT2D eigenvalue weighted by Crippen LogP contribution is 2.37. The standard InChI is InChI=1S/C11H9Br2F3OS/c12-5-7-1-2-10(18-11(14,15)16)4-8(7)3-9(17)6-13/h1-2,4H,3,5-6H2. The van der Waals surface area contributed by atoms with E-state index in [4.69, 9.17) is 0 Å². The molecule has 1 rings (SSSR count). The molecule has 0 spiro atoms. The predicted octanol–water partition coefficient (Wildman–Crippen LogP) is 4.70. The highest BCUT2D eigenvalue weighted by Gasteiger charge is 2.29. The first-order valence-corrected chi connectivity index (χ1v) is 7.93. The summed E-state index contributed by atoms with van der Waals surface area (Å²) in [5.41, 5.74) is -2.85. The van der Waals surface area contributed by atoms with Crippen LogP contribution in [0.4, 0.5) is 13.2 Å². The molecule has 0 heterocycles. The van der Waals surface area contributed by atoms with Crippen molar-refractivity contribution < 1.29 is 18.0 Å². The normalized spacial score (nSPS) is 11.6. The van der Waals surface area contributed by atoms with Gasteiger partial charge in [0.1, 0.15) is 5.78 Å². The Bertz CT molecular complexity index is 435. The zero-order chi connectivity index (χ0) is 13.8. The van der Waals surface area contributed by atoms with Crippen LogP contribution in [0.2, 0.25) is 0 Å². The number of ketones is 1. The summed E-state index contributed by atoms with van der Waals surface area (Å²) in [7, 11) is 0. The summed E-state index contributed by atoms with van der Waals surface area (Å²) in [4.78, 5) is 11.5. The number of carbonyl (C=O) groups is 1. The van der Waals surface area contributed by atoms with E-state index < -0.39 is 5.51 Å². The van der Waals surface area contributed by atoms with Crippen LogP contribution in [0.1, 0.15) is 11.1 Å². The van der Waals surface area contributed by atoms with E-state index in [1.165, 1.54) is 12.1 Å². The van der Waals surface area contributed by atoms with Gasteiger partial charge < -0.3 is 0 Å². The van der Waals surface area contributed by atoms with Gasteiger partial charge in [-0.2, -0.15) is 13.2 Å². The van der Waals surface area contributed by atoms with E-state index in [1.54, 1.807) is 6.07 Å². The van der Waals surface area contributed by atoms with Crippen molar-refractivity contribution in [1.82, 2.24) is 0 Å². The number of halogens is 5. The maximum Gasteiger partial charge on any atom is 0.446 e. The number of Topliss-reactive ketones (excluding diaryl/α,β-unsaturated/α-hetero) is 1. The molecule has 0 saturated carbocycles. The lowest BCUT2D eigenvalue weighted by molar-refractivity contribution is -0.115. The largest absolute Gasteiger partial charge is 0.446 e. The maximum absolute atomic E-state index is 12.3. The second kappa shape index (κ2) is 6.96. The van der Waals surface area contributed by atoms with Crippen molar-refractivity contribution in [3.8, 4) is 0 Å². The number of hydrogen-bond acceptors (Lipinski definition) is 2. The smallest absolute Gasteiger partial charge is 0.298 e. The molecule has 1 nitrogen and oxygen atoms in total. The van der Waals surface area contributed by atoms with Crippen molar-refractivity contribution >= 4 is 49.4 Å². The fourth-order valence-corrected chi connectivity index (χ4v) is 2.70. The molecule has 0 aliphatic rings. The number of hydrogen-bond donors (Lipinski definition) is 0. The van der Waals surface area contributed by atoms with E-state index in [0.29, 0.717) is 10.9 Å². The highest BCUT2D eigenvalue weighted by molar-refractivity contribution is 9.09. The van der Waals surface area contributed by atoms with Gasteiger partial charge in [0.2, 0.25) is 0 Å². The monoisotopic (exact) mass is 404 g/mol. The molecule has 0 aliphatic carbocycles. The minimum absolute atomic E-state index is 0.0636. The van der Waals surface area contributed by atoms with Crippen molar-refractivity contribution in [2.24, 2.45) is 0 Å². The lowest BCUT2D eigenvalue weighted by Crippen LogP contribution is -2.06. The molecule has 0 aliphatic heterocycles. The number of carbonyl (C=O) groups excluding carboxylic acids is 1. The molecule has 1 aromatic rings. The summed E-state index contributed by atoms with van der Waals surface area (Å²) in [6, 6.07) is 4.45. The van der Waals surface area contributed by atoms with Gasteiger partial charge in [-0.1, -0.05) is 37.9 Å². The molecular formula is C11H9Br2F3OS. The average Bonchev–Trinajstić information content (AvgIpc) is 2.27. The molecule has 0 radical (unpaired) electrons. The van der Waals surface area contributed by atoms with Crippen LogP contribution in [0, 0.1) is 0 Å². The van der Waals surface area contributed by atoms with E-state index in [9.17, 15) is 18.0 Å². The summed E-state index contributed by atoms with van der Waals surface area (Å²) < 4.78 is 36.8.